The maximum Gasteiger partial charge on any atom is 0.408 e. The molecule has 7 heteroatoms. The fraction of sp³-hybridized carbons (Fsp3) is 0.571. The summed E-state index contributed by atoms with van der Waals surface area (Å²) < 4.78 is 16.6. The Balaban J connectivity index is 1.74. The molecular formula is C14H17NO5S. The van der Waals surface area contributed by atoms with E-state index in [0.717, 1.165) is 22.2 Å². The van der Waals surface area contributed by atoms with Crippen LogP contribution in [0.1, 0.15) is 19.4 Å². The summed E-state index contributed by atoms with van der Waals surface area (Å²) in [7, 11) is 0. The van der Waals surface area contributed by atoms with Crippen molar-refractivity contribution in [2.24, 2.45) is 0 Å². The van der Waals surface area contributed by atoms with Crippen molar-refractivity contribution in [1.82, 2.24) is 0 Å². The summed E-state index contributed by atoms with van der Waals surface area (Å²) in [6.45, 7) is 5.86. The molecule has 6 nitrogen and oxygen atoms in total. The minimum absolute atomic E-state index is 0.307. The van der Waals surface area contributed by atoms with Crippen LogP contribution in [0.5, 0.6) is 0 Å². The standard InChI is InChI=1S/C14H17NO5S/c1-9-4-6-10(7-5-9)21-14(15(16)17)12(20-14)11-8-18-13(2,3)19-11/h4-7,11-12H,8H2,1-3H3/t11-,12+,14+/m1/s1. The molecule has 0 N–H and O–H groups in total. The molecule has 0 amide bonds. The van der Waals surface area contributed by atoms with E-state index in [1.54, 1.807) is 13.8 Å². The Bertz CT molecular complexity index is 561. The monoisotopic (exact) mass is 311 g/mol. The van der Waals surface area contributed by atoms with E-state index in [1.165, 1.54) is 0 Å². The first-order valence-electron chi connectivity index (χ1n) is 6.72. The van der Waals surface area contributed by atoms with Gasteiger partial charge in [0, 0.05) is 4.90 Å². The van der Waals surface area contributed by atoms with Crippen molar-refractivity contribution < 1.29 is 19.1 Å². The van der Waals surface area contributed by atoms with Crippen LogP contribution in [-0.4, -0.2) is 34.6 Å². The predicted molar refractivity (Wildman–Crippen MR) is 76.5 cm³/mol. The second-order valence-electron chi connectivity index (χ2n) is 5.71. The zero-order valence-electron chi connectivity index (χ0n) is 12.1. The molecule has 21 heavy (non-hydrogen) atoms. The highest BCUT2D eigenvalue weighted by Crippen LogP contribution is 2.53. The van der Waals surface area contributed by atoms with Crippen LogP contribution in [0.2, 0.25) is 0 Å². The van der Waals surface area contributed by atoms with E-state index < -0.39 is 23.1 Å². The molecule has 1 aromatic carbocycles. The number of epoxide rings is 1. The van der Waals surface area contributed by atoms with Crippen LogP contribution < -0.4 is 0 Å². The van der Waals surface area contributed by atoms with Crippen molar-refractivity contribution in [3.63, 3.8) is 0 Å². The van der Waals surface area contributed by atoms with Crippen LogP contribution in [0.3, 0.4) is 0 Å². The van der Waals surface area contributed by atoms with E-state index in [-0.39, 0.29) is 4.92 Å². The first-order valence-corrected chi connectivity index (χ1v) is 7.54. The molecule has 0 spiro atoms. The molecule has 0 aromatic heterocycles. The highest BCUT2D eigenvalue weighted by molar-refractivity contribution is 8.00. The Labute approximate surface area is 126 Å². The van der Waals surface area contributed by atoms with Gasteiger partial charge in [-0.05, 0) is 44.7 Å². The number of rotatable bonds is 4. The Morgan fingerprint density at radius 2 is 1.95 bits per heavy atom. The van der Waals surface area contributed by atoms with Crippen LogP contribution >= 0.6 is 11.8 Å². The normalized spacial score (nSPS) is 33.9. The van der Waals surface area contributed by atoms with Gasteiger partial charge in [-0.25, -0.2) is 0 Å². The van der Waals surface area contributed by atoms with Gasteiger partial charge < -0.3 is 9.47 Å². The average molecular weight is 311 g/mol. The number of ether oxygens (including phenoxy) is 3. The number of nitro groups is 1. The highest BCUT2D eigenvalue weighted by Gasteiger charge is 2.74. The van der Waals surface area contributed by atoms with Crippen molar-refractivity contribution in [2.45, 2.75) is 48.7 Å². The largest absolute Gasteiger partial charge is 0.408 e. The van der Waals surface area contributed by atoms with E-state index in [1.807, 2.05) is 31.2 Å². The van der Waals surface area contributed by atoms with E-state index in [9.17, 15) is 10.1 Å². The van der Waals surface area contributed by atoms with Gasteiger partial charge in [0.1, 0.15) is 6.10 Å². The van der Waals surface area contributed by atoms with Gasteiger partial charge in [-0.2, -0.15) is 0 Å². The third-order valence-corrected chi connectivity index (χ3v) is 4.78. The van der Waals surface area contributed by atoms with Gasteiger partial charge in [-0.3, -0.25) is 14.9 Å². The lowest BCUT2D eigenvalue weighted by Gasteiger charge is -2.16. The molecule has 2 heterocycles. The second-order valence-corrected chi connectivity index (χ2v) is 6.97. The van der Waals surface area contributed by atoms with Gasteiger partial charge in [0.05, 0.1) is 11.5 Å². The second kappa shape index (κ2) is 4.95. The minimum Gasteiger partial charge on any atom is -0.348 e. The lowest BCUT2D eigenvalue weighted by atomic mass is 10.2. The third kappa shape index (κ3) is 2.78. The number of aryl methyl sites for hydroxylation is 1. The fourth-order valence-electron chi connectivity index (χ4n) is 2.36. The topological polar surface area (TPSA) is 74.1 Å². The predicted octanol–water partition coefficient (Wildman–Crippen LogP) is 2.57. The lowest BCUT2D eigenvalue weighted by molar-refractivity contribution is -0.532. The summed E-state index contributed by atoms with van der Waals surface area (Å²) in [5.74, 6) is -0.715. The molecule has 0 bridgehead atoms. The number of nitrogens with zero attached hydrogens (tertiary/aromatic N) is 1. The molecule has 0 unspecified atom stereocenters. The summed E-state index contributed by atoms with van der Waals surface area (Å²) in [6, 6.07) is 7.57. The maximum absolute atomic E-state index is 11.4. The van der Waals surface area contributed by atoms with Crippen LogP contribution in [0.25, 0.3) is 0 Å². The fourth-order valence-corrected chi connectivity index (χ4v) is 3.47. The third-order valence-electron chi connectivity index (χ3n) is 3.51. The number of thioether (sulfide) groups is 1. The summed E-state index contributed by atoms with van der Waals surface area (Å²) in [4.78, 5) is 11.9. The number of hydrogen-bond acceptors (Lipinski definition) is 6. The number of hydrogen-bond donors (Lipinski definition) is 0. The van der Waals surface area contributed by atoms with Crippen LogP contribution in [0, 0.1) is 17.0 Å². The van der Waals surface area contributed by atoms with Gasteiger partial charge in [-0.15, -0.1) is 0 Å². The maximum atomic E-state index is 11.4. The molecule has 2 aliphatic rings. The van der Waals surface area contributed by atoms with Gasteiger partial charge in [0.15, 0.2) is 5.79 Å². The van der Waals surface area contributed by atoms with Gasteiger partial charge in [0.2, 0.25) is 6.10 Å². The molecule has 114 valence electrons. The molecule has 3 atom stereocenters. The van der Waals surface area contributed by atoms with E-state index in [0.29, 0.717) is 6.61 Å². The molecule has 2 saturated heterocycles. The minimum atomic E-state index is -1.47. The first kappa shape index (κ1) is 14.8. The Kier molecular flexibility index (Phi) is 3.48. The van der Waals surface area contributed by atoms with Gasteiger partial charge >= 0.3 is 5.06 Å². The van der Waals surface area contributed by atoms with Gasteiger partial charge in [-0.1, -0.05) is 17.7 Å². The lowest BCUT2D eigenvalue weighted by Crippen LogP contribution is -2.31. The molecule has 0 saturated carbocycles. The first-order chi connectivity index (χ1) is 9.82. The van der Waals surface area contributed by atoms with E-state index in [2.05, 4.69) is 0 Å². The molecule has 3 rings (SSSR count). The van der Waals surface area contributed by atoms with Crippen molar-refractivity contribution >= 4 is 11.8 Å². The average Bonchev–Trinajstić information content (AvgIpc) is 3.03. The molecular weight excluding hydrogens is 294 g/mol. The molecule has 0 radical (unpaired) electrons. The van der Waals surface area contributed by atoms with Crippen LogP contribution in [-0.2, 0) is 14.2 Å². The molecule has 2 fully saturated rings. The van der Waals surface area contributed by atoms with Crippen molar-refractivity contribution in [3.8, 4) is 0 Å². The SMILES string of the molecule is Cc1ccc(S[C@@]2([N+](=O)[O-])O[C@H]2[C@H]2COC(C)(C)O2)cc1. The smallest absolute Gasteiger partial charge is 0.348 e. The summed E-state index contributed by atoms with van der Waals surface area (Å²) >= 11 is 1.11. The zero-order valence-corrected chi connectivity index (χ0v) is 12.9. The van der Waals surface area contributed by atoms with Gasteiger partial charge in [0.25, 0.3) is 0 Å². The quantitative estimate of drug-likeness (QED) is 0.368. The van der Waals surface area contributed by atoms with Crippen LogP contribution in [0.15, 0.2) is 29.2 Å². The molecule has 2 aliphatic heterocycles. The van der Waals surface area contributed by atoms with E-state index >= 15 is 0 Å². The van der Waals surface area contributed by atoms with Crippen molar-refractivity contribution in [3.05, 3.63) is 39.9 Å². The number of benzene rings is 1. The Morgan fingerprint density at radius 3 is 2.48 bits per heavy atom. The van der Waals surface area contributed by atoms with E-state index in [4.69, 9.17) is 14.2 Å². The summed E-state index contributed by atoms with van der Waals surface area (Å²) in [6.07, 6.45) is -1.01. The molecule has 1 aromatic rings. The van der Waals surface area contributed by atoms with Crippen LogP contribution in [0.4, 0.5) is 0 Å². The Hall–Kier alpha value is -1.15. The van der Waals surface area contributed by atoms with Crippen molar-refractivity contribution in [2.75, 3.05) is 6.61 Å². The molecule has 0 aliphatic carbocycles. The zero-order chi connectivity index (χ0) is 15.3. The summed E-state index contributed by atoms with van der Waals surface area (Å²) in [5.41, 5.74) is 1.11. The summed E-state index contributed by atoms with van der Waals surface area (Å²) in [5, 5.41) is 9.98. The highest BCUT2D eigenvalue weighted by atomic mass is 32.2. The van der Waals surface area contributed by atoms with Crippen molar-refractivity contribution in [1.29, 1.82) is 0 Å². The Morgan fingerprint density at radius 1 is 1.29 bits per heavy atom.